The van der Waals surface area contributed by atoms with E-state index in [0.29, 0.717) is 31.3 Å². The molecule has 0 saturated carbocycles. The number of nitrogens with zero attached hydrogens (tertiary/aromatic N) is 1. The van der Waals surface area contributed by atoms with Crippen LogP contribution >= 0.6 is 0 Å². The van der Waals surface area contributed by atoms with E-state index in [9.17, 15) is 26.3 Å². The Bertz CT molecular complexity index is 826. The van der Waals surface area contributed by atoms with Crippen LogP contribution in [-0.4, -0.2) is 29.1 Å². The van der Waals surface area contributed by atoms with Gasteiger partial charge in [0.2, 0.25) is 0 Å². The molecule has 0 amide bonds. The molecule has 0 bridgehead atoms. The van der Waals surface area contributed by atoms with E-state index in [1.165, 1.54) is 5.56 Å². The van der Waals surface area contributed by atoms with E-state index in [-0.39, 0.29) is 12.1 Å². The number of alkyl halides is 6. The quantitative estimate of drug-likeness (QED) is 0.434. The van der Waals surface area contributed by atoms with Crippen LogP contribution in [-0.2, 0) is 23.7 Å². The van der Waals surface area contributed by atoms with Crippen LogP contribution in [0.1, 0.15) is 62.3 Å². The van der Waals surface area contributed by atoms with Gasteiger partial charge in [-0.05, 0) is 56.6 Å². The predicted molar refractivity (Wildman–Crippen MR) is 121 cm³/mol. The topological polar surface area (TPSA) is 40.5 Å². The van der Waals surface area contributed by atoms with Crippen LogP contribution in [0.4, 0.5) is 26.3 Å². The Labute approximate surface area is 197 Å². The number of benzene rings is 2. The number of carboxylic acids is 1. The van der Waals surface area contributed by atoms with Crippen molar-refractivity contribution in [1.82, 2.24) is 4.90 Å². The number of halogens is 6. The second-order valence-corrected chi connectivity index (χ2v) is 7.38. The van der Waals surface area contributed by atoms with Gasteiger partial charge in [0.25, 0.3) is 5.97 Å². The molecule has 3 nitrogen and oxygen atoms in total. The first-order chi connectivity index (χ1) is 15.8. The third kappa shape index (κ3) is 13.2. The monoisotopic (exact) mass is 493 g/mol. The Morgan fingerprint density at radius 1 is 0.882 bits per heavy atom. The third-order valence-corrected chi connectivity index (χ3v) is 4.52. The van der Waals surface area contributed by atoms with E-state index >= 15 is 0 Å². The zero-order valence-corrected chi connectivity index (χ0v) is 19.9. The van der Waals surface area contributed by atoms with Crippen molar-refractivity contribution < 1.29 is 36.2 Å². The zero-order chi connectivity index (χ0) is 26.4. The Kier molecular flexibility index (Phi) is 14.2. The van der Waals surface area contributed by atoms with E-state index in [1.54, 1.807) is 4.90 Å². The van der Waals surface area contributed by atoms with Gasteiger partial charge in [-0.3, -0.25) is 9.69 Å². The molecular weight excluding hydrogens is 460 g/mol. The van der Waals surface area contributed by atoms with Crippen LogP contribution in [0.5, 0.6) is 0 Å². The number of aryl methyl sites for hydroxylation is 1. The predicted octanol–water partition coefficient (Wildman–Crippen LogP) is 7.82. The SMILES string of the molecule is CC.CC(=O)O.Cc1ccccc1.FC(F)(F)c1ccc(C(F)(F)F)c(CN2CCCCC2)c1. The molecule has 192 valence electrons. The smallest absolute Gasteiger partial charge is 0.416 e. The highest BCUT2D eigenvalue weighted by Gasteiger charge is 2.37. The molecule has 9 heteroatoms. The number of piperidine rings is 1. The molecule has 0 aromatic heterocycles. The number of likely N-dealkylation sites (tertiary alicyclic amines) is 1. The number of hydrogen-bond donors (Lipinski definition) is 1. The van der Waals surface area contributed by atoms with Gasteiger partial charge in [0.15, 0.2) is 0 Å². The summed E-state index contributed by atoms with van der Waals surface area (Å²) in [7, 11) is 0. The summed E-state index contributed by atoms with van der Waals surface area (Å²) in [4.78, 5) is 10.8. The van der Waals surface area contributed by atoms with Crippen LogP contribution in [0.3, 0.4) is 0 Å². The molecule has 34 heavy (non-hydrogen) atoms. The fourth-order valence-electron chi connectivity index (χ4n) is 3.07. The van der Waals surface area contributed by atoms with E-state index in [2.05, 4.69) is 19.1 Å². The summed E-state index contributed by atoms with van der Waals surface area (Å²) in [6.07, 6.45) is -6.55. The molecule has 1 aliphatic heterocycles. The van der Waals surface area contributed by atoms with Gasteiger partial charge < -0.3 is 5.11 Å². The number of rotatable bonds is 2. The van der Waals surface area contributed by atoms with Crippen molar-refractivity contribution in [2.75, 3.05) is 13.1 Å². The molecule has 0 radical (unpaired) electrons. The average Bonchev–Trinajstić information content (AvgIpc) is 2.75. The van der Waals surface area contributed by atoms with E-state index < -0.39 is 29.4 Å². The largest absolute Gasteiger partial charge is 0.481 e. The highest BCUT2D eigenvalue weighted by Crippen LogP contribution is 2.37. The summed E-state index contributed by atoms with van der Waals surface area (Å²) < 4.78 is 76.8. The van der Waals surface area contributed by atoms with Gasteiger partial charge in [-0.25, -0.2) is 0 Å². The Morgan fingerprint density at radius 2 is 1.38 bits per heavy atom. The highest BCUT2D eigenvalue weighted by molar-refractivity contribution is 5.62. The molecule has 1 fully saturated rings. The molecule has 3 rings (SSSR count). The molecule has 0 unspecified atom stereocenters. The third-order valence-electron chi connectivity index (χ3n) is 4.52. The molecule has 0 aliphatic carbocycles. The van der Waals surface area contributed by atoms with Crippen molar-refractivity contribution in [2.24, 2.45) is 0 Å². The molecule has 0 spiro atoms. The van der Waals surface area contributed by atoms with Crippen molar-refractivity contribution in [3.8, 4) is 0 Å². The summed E-state index contributed by atoms with van der Waals surface area (Å²) in [5.74, 6) is -0.833. The molecule has 1 saturated heterocycles. The number of aliphatic carboxylic acids is 1. The van der Waals surface area contributed by atoms with Crippen LogP contribution < -0.4 is 0 Å². The van der Waals surface area contributed by atoms with Crippen molar-refractivity contribution >= 4 is 5.97 Å². The maximum absolute atomic E-state index is 12.9. The first-order valence-corrected chi connectivity index (χ1v) is 11.0. The summed E-state index contributed by atoms with van der Waals surface area (Å²) in [5.41, 5.74) is -1.01. The Balaban J connectivity index is 0.000000687. The van der Waals surface area contributed by atoms with Crippen LogP contribution in [0.25, 0.3) is 0 Å². The average molecular weight is 494 g/mol. The van der Waals surface area contributed by atoms with E-state index in [4.69, 9.17) is 9.90 Å². The summed E-state index contributed by atoms with van der Waals surface area (Å²) in [5, 5.41) is 7.42. The number of carboxylic acid groups (broad SMARTS) is 1. The lowest BCUT2D eigenvalue weighted by atomic mass is 10.0. The molecule has 1 aliphatic rings. The maximum Gasteiger partial charge on any atom is 0.416 e. The molecule has 2 aromatic rings. The standard InChI is InChI=1S/C14H15F6N.C7H8.C2H4O2.C2H6/c15-13(16,17)11-4-5-12(14(18,19)20)10(8-11)9-21-6-2-1-3-7-21;1-7-5-3-2-4-6-7;1-2(3)4;1-2/h4-5,8H,1-3,6-7,9H2;2-6H,1H3;1H3,(H,3,4);1-2H3. The number of hydrogen-bond acceptors (Lipinski definition) is 2. The highest BCUT2D eigenvalue weighted by atomic mass is 19.4. The lowest BCUT2D eigenvalue weighted by molar-refractivity contribution is -0.142. The molecule has 1 heterocycles. The van der Waals surface area contributed by atoms with Crippen molar-refractivity contribution in [3.63, 3.8) is 0 Å². The minimum Gasteiger partial charge on any atom is -0.481 e. The van der Waals surface area contributed by atoms with Gasteiger partial charge in [-0.15, -0.1) is 0 Å². The first-order valence-electron chi connectivity index (χ1n) is 11.0. The van der Waals surface area contributed by atoms with Crippen molar-refractivity contribution in [1.29, 1.82) is 0 Å². The van der Waals surface area contributed by atoms with Crippen LogP contribution in [0.15, 0.2) is 48.5 Å². The van der Waals surface area contributed by atoms with E-state index in [1.807, 2.05) is 32.0 Å². The van der Waals surface area contributed by atoms with E-state index in [0.717, 1.165) is 26.2 Å². The summed E-state index contributed by atoms with van der Waals surface area (Å²) in [6, 6.07) is 11.9. The maximum atomic E-state index is 12.9. The van der Waals surface area contributed by atoms with Gasteiger partial charge in [0.05, 0.1) is 11.1 Å². The molecule has 1 N–H and O–H groups in total. The van der Waals surface area contributed by atoms with Gasteiger partial charge in [0.1, 0.15) is 0 Å². The second-order valence-electron chi connectivity index (χ2n) is 7.38. The molecule has 2 aromatic carbocycles. The normalized spacial score (nSPS) is 13.8. The number of carbonyl (C=O) groups is 1. The Morgan fingerprint density at radius 3 is 1.76 bits per heavy atom. The molecular formula is C25H33F6NO2. The van der Waals surface area contributed by atoms with Gasteiger partial charge >= 0.3 is 12.4 Å². The van der Waals surface area contributed by atoms with Gasteiger partial charge in [0, 0.05) is 13.5 Å². The minimum absolute atomic E-state index is 0.0984. The second kappa shape index (κ2) is 15.4. The first kappa shape index (κ1) is 31.4. The minimum atomic E-state index is -4.64. The lowest BCUT2D eigenvalue weighted by Gasteiger charge is -2.28. The van der Waals surface area contributed by atoms with Gasteiger partial charge in [-0.2, -0.15) is 26.3 Å². The van der Waals surface area contributed by atoms with Gasteiger partial charge in [-0.1, -0.05) is 56.2 Å². The Hall–Kier alpha value is -2.55. The lowest BCUT2D eigenvalue weighted by Crippen LogP contribution is -2.30. The van der Waals surface area contributed by atoms with Crippen molar-refractivity contribution in [3.05, 3.63) is 70.8 Å². The zero-order valence-electron chi connectivity index (χ0n) is 19.9. The van der Waals surface area contributed by atoms with Crippen LogP contribution in [0.2, 0.25) is 0 Å². The fourth-order valence-corrected chi connectivity index (χ4v) is 3.07. The fraction of sp³-hybridized carbons (Fsp3) is 0.480. The summed E-state index contributed by atoms with van der Waals surface area (Å²) in [6.45, 7) is 8.31. The molecule has 0 atom stereocenters. The van der Waals surface area contributed by atoms with Crippen molar-refractivity contribution in [2.45, 2.75) is 65.9 Å². The van der Waals surface area contributed by atoms with Crippen LogP contribution in [0, 0.1) is 6.92 Å². The summed E-state index contributed by atoms with van der Waals surface area (Å²) >= 11 is 0.